The average Bonchev–Trinajstić information content (AvgIpc) is 3.00. The topological polar surface area (TPSA) is 21.7 Å². The first-order valence-electron chi connectivity index (χ1n) is 7.90. The zero-order valence-electron chi connectivity index (χ0n) is 11.3. The predicted molar refractivity (Wildman–Crippen MR) is 69.3 cm³/mol. The first-order valence-corrected chi connectivity index (χ1v) is 7.90. The number of likely N-dealkylation sites (tertiary alicyclic amines) is 1. The van der Waals surface area contributed by atoms with Crippen molar-refractivity contribution >= 4 is 0 Å². The highest BCUT2D eigenvalue weighted by Crippen LogP contribution is 2.48. The highest BCUT2D eigenvalue weighted by molar-refractivity contribution is 5.00. The third-order valence-corrected chi connectivity index (χ3v) is 5.73. The van der Waals surface area contributed by atoms with E-state index in [1.807, 2.05) is 0 Å². The van der Waals surface area contributed by atoms with Crippen molar-refractivity contribution in [3.63, 3.8) is 0 Å². The van der Waals surface area contributed by atoms with Crippen molar-refractivity contribution in [1.82, 2.24) is 4.90 Å². The molecule has 0 amide bonds. The molecule has 0 aromatic heterocycles. The standard InChI is InChI=1S/C15H25NO2/c1-2-7-14(6-1)16-10-12-4-3-5-13(11-16)15(12)17-8-9-18-15/h12-14H,1-11H2. The van der Waals surface area contributed by atoms with Crippen LogP contribution in [0.2, 0.25) is 0 Å². The molecule has 3 nitrogen and oxygen atoms in total. The smallest absolute Gasteiger partial charge is 0.176 e. The van der Waals surface area contributed by atoms with Crippen molar-refractivity contribution < 1.29 is 9.47 Å². The van der Waals surface area contributed by atoms with E-state index in [4.69, 9.17) is 9.47 Å². The lowest BCUT2D eigenvalue weighted by molar-refractivity contribution is -0.271. The van der Waals surface area contributed by atoms with Gasteiger partial charge in [0.2, 0.25) is 0 Å². The van der Waals surface area contributed by atoms with E-state index in [9.17, 15) is 0 Å². The molecule has 0 aromatic rings. The molecule has 3 heteroatoms. The monoisotopic (exact) mass is 251 g/mol. The van der Waals surface area contributed by atoms with Gasteiger partial charge >= 0.3 is 0 Å². The molecule has 102 valence electrons. The Labute approximate surface area is 110 Å². The van der Waals surface area contributed by atoms with Crippen molar-refractivity contribution in [3.05, 3.63) is 0 Å². The Hall–Kier alpha value is -0.120. The molecule has 0 aromatic carbocycles. The second kappa shape index (κ2) is 4.46. The molecule has 2 aliphatic heterocycles. The summed E-state index contributed by atoms with van der Waals surface area (Å²) in [5, 5.41) is 0. The molecule has 2 atom stereocenters. The maximum Gasteiger partial charge on any atom is 0.176 e. The van der Waals surface area contributed by atoms with E-state index in [0.717, 1.165) is 19.3 Å². The van der Waals surface area contributed by atoms with Crippen LogP contribution in [0.4, 0.5) is 0 Å². The Kier molecular flexibility index (Phi) is 2.90. The highest BCUT2D eigenvalue weighted by Gasteiger charge is 2.56. The SMILES string of the molecule is C1CCC(N2CC3CCCC(C2)C32OCCO2)C1. The third-order valence-electron chi connectivity index (χ3n) is 5.73. The van der Waals surface area contributed by atoms with Crippen LogP contribution in [-0.4, -0.2) is 43.0 Å². The summed E-state index contributed by atoms with van der Waals surface area (Å²) in [5.41, 5.74) is 0. The number of hydrogen-bond donors (Lipinski definition) is 0. The molecule has 4 aliphatic rings. The summed E-state index contributed by atoms with van der Waals surface area (Å²) < 4.78 is 12.2. The zero-order valence-corrected chi connectivity index (χ0v) is 11.3. The minimum Gasteiger partial charge on any atom is -0.347 e. The summed E-state index contributed by atoms with van der Waals surface area (Å²) in [6.45, 7) is 4.08. The molecule has 2 bridgehead atoms. The molecule has 2 saturated heterocycles. The van der Waals surface area contributed by atoms with Crippen LogP contribution < -0.4 is 0 Å². The van der Waals surface area contributed by atoms with Gasteiger partial charge in [0.25, 0.3) is 0 Å². The number of rotatable bonds is 1. The van der Waals surface area contributed by atoms with Crippen LogP contribution >= 0.6 is 0 Å². The van der Waals surface area contributed by atoms with E-state index >= 15 is 0 Å². The lowest BCUT2D eigenvalue weighted by Crippen LogP contribution is -2.62. The Balaban J connectivity index is 1.54. The molecule has 4 rings (SSSR count). The van der Waals surface area contributed by atoms with Crippen LogP contribution in [0, 0.1) is 11.8 Å². The summed E-state index contributed by atoms with van der Waals surface area (Å²) in [6.07, 6.45) is 9.72. The molecule has 4 fully saturated rings. The van der Waals surface area contributed by atoms with Gasteiger partial charge in [0, 0.05) is 31.0 Å². The fourth-order valence-corrected chi connectivity index (χ4v) is 4.91. The van der Waals surface area contributed by atoms with Gasteiger partial charge in [-0.05, 0) is 25.7 Å². The fraction of sp³-hybridized carbons (Fsp3) is 1.00. The van der Waals surface area contributed by atoms with Crippen LogP contribution in [0.3, 0.4) is 0 Å². The molecule has 18 heavy (non-hydrogen) atoms. The van der Waals surface area contributed by atoms with Gasteiger partial charge in [-0.2, -0.15) is 0 Å². The predicted octanol–water partition coefficient (Wildman–Crippen LogP) is 2.40. The normalized spacial score (nSPS) is 40.7. The van der Waals surface area contributed by atoms with E-state index in [-0.39, 0.29) is 5.79 Å². The molecule has 1 spiro atoms. The molecular weight excluding hydrogens is 226 g/mol. The van der Waals surface area contributed by atoms with Gasteiger partial charge in [-0.15, -0.1) is 0 Å². The van der Waals surface area contributed by atoms with Crippen LogP contribution in [0.15, 0.2) is 0 Å². The Bertz CT molecular complexity index is 292. The van der Waals surface area contributed by atoms with Crippen LogP contribution in [-0.2, 0) is 9.47 Å². The highest BCUT2D eigenvalue weighted by atomic mass is 16.7. The van der Waals surface area contributed by atoms with Crippen molar-refractivity contribution in [2.24, 2.45) is 11.8 Å². The lowest BCUT2D eigenvalue weighted by atomic mass is 9.71. The van der Waals surface area contributed by atoms with E-state index < -0.39 is 0 Å². The Morgan fingerprint density at radius 1 is 0.778 bits per heavy atom. The summed E-state index contributed by atoms with van der Waals surface area (Å²) >= 11 is 0. The van der Waals surface area contributed by atoms with Crippen molar-refractivity contribution in [2.45, 2.75) is 56.8 Å². The van der Waals surface area contributed by atoms with Gasteiger partial charge in [-0.3, -0.25) is 4.90 Å². The molecular formula is C15H25NO2. The summed E-state index contributed by atoms with van der Waals surface area (Å²) in [4.78, 5) is 2.78. The van der Waals surface area contributed by atoms with E-state index in [0.29, 0.717) is 11.8 Å². The van der Waals surface area contributed by atoms with E-state index in [1.54, 1.807) is 0 Å². The van der Waals surface area contributed by atoms with E-state index in [1.165, 1.54) is 58.0 Å². The lowest BCUT2D eigenvalue weighted by Gasteiger charge is -2.53. The summed E-state index contributed by atoms with van der Waals surface area (Å²) in [5.74, 6) is 1.09. The van der Waals surface area contributed by atoms with Gasteiger partial charge < -0.3 is 9.47 Å². The number of piperidine rings is 1. The van der Waals surface area contributed by atoms with Gasteiger partial charge in [-0.1, -0.05) is 19.3 Å². The first kappa shape index (κ1) is 11.7. The largest absolute Gasteiger partial charge is 0.347 e. The zero-order chi connectivity index (χ0) is 12.0. The maximum absolute atomic E-state index is 6.11. The molecule has 2 unspecified atom stereocenters. The molecule has 0 N–H and O–H groups in total. The van der Waals surface area contributed by atoms with Crippen LogP contribution in [0.5, 0.6) is 0 Å². The number of hydrogen-bond acceptors (Lipinski definition) is 3. The number of ether oxygens (including phenoxy) is 2. The van der Waals surface area contributed by atoms with Crippen molar-refractivity contribution in [1.29, 1.82) is 0 Å². The number of nitrogens with zero attached hydrogens (tertiary/aromatic N) is 1. The second-order valence-electron chi connectivity index (χ2n) is 6.64. The first-order chi connectivity index (χ1) is 8.88. The van der Waals surface area contributed by atoms with Gasteiger partial charge in [0.1, 0.15) is 0 Å². The fourth-order valence-electron chi connectivity index (χ4n) is 4.91. The van der Waals surface area contributed by atoms with Crippen LogP contribution in [0.25, 0.3) is 0 Å². The maximum atomic E-state index is 6.11. The minimum absolute atomic E-state index is 0.173. The average molecular weight is 251 g/mol. The van der Waals surface area contributed by atoms with Gasteiger partial charge in [0.15, 0.2) is 5.79 Å². The summed E-state index contributed by atoms with van der Waals surface area (Å²) in [6, 6.07) is 0.867. The van der Waals surface area contributed by atoms with Gasteiger partial charge in [-0.25, -0.2) is 0 Å². The second-order valence-corrected chi connectivity index (χ2v) is 6.64. The summed E-state index contributed by atoms with van der Waals surface area (Å²) in [7, 11) is 0. The molecule has 2 aliphatic carbocycles. The van der Waals surface area contributed by atoms with Gasteiger partial charge in [0.05, 0.1) is 13.2 Å². The van der Waals surface area contributed by atoms with Crippen molar-refractivity contribution in [2.75, 3.05) is 26.3 Å². The molecule has 0 radical (unpaired) electrons. The van der Waals surface area contributed by atoms with E-state index in [2.05, 4.69) is 4.90 Å². The Morgan fingerprint density at radius 3 is 2.00 bits per heavy atom. The quantitative estimate of drug-likeness (QED) is 0.714. The minimum atomic E-state index is -0.173. The third kappa shape index (κ3) is 1.67. The van der Waals surface area contributed by atoms with Crippen LogP contribution in [0.1, 0.15) is 44.9 Å². The molecule has 2 heterocycles. The van der Waals surface area contributed by atoms with Crippen molar-refractivity contribution in [3.8, 4) is 0 Å². The Morgan fingerprint density at radius 2 is 1.39 bits per heavy atom. The molecule has 2 saturated carbocycles.